The highest BCUT2D eigenvalue weighted by atomic mass is 32.2. The fourth-order valence-corrected chi connectivity index (χ4v) is 2.79. The van der Waals surface area contributed by atoms with E-state index in [4.69, 9.17) is 4.52 Å². The average Bonchev–Trinajstić information content (AvgIpc) is 2.85. The number of nitro groups is 1. The van der Waals surface area contributed by atoms with Gasteiger partial charge in [0.25, 0.3) is 5.69 Å². The predicted octanol–water partition coefficient (Wildman–Crippen LogP) is 1.33. The van der Waals surface area contributed by atoms with Gasteiger partial charge in [-0.05, 0) is 19.1 Å². The molecule has 0 bridgehead atoms. The number of sulfonamides is 1. The summed E-state index contributed by atoms with van der Waals surface area (Å²) in [7, 11) is -3.84. The molecule has 0 saturated carbocycles. The molecule has 0 radical (unpaired) electrons. The minimum Gasteiger partial charge on any atom is -0.340 e. The maximum absolute atomic E-state index is 12.1. The Balaban J connectivity index is 2.19. The summed E-state index contributed by atoms with van der Waals surface area (Å²) in [6, 6.07) is 3.88. The number of hydrogen-bond acceptors (Lipinski definition) is 7. The van der Waals surface area contributed by atoms with Crippen LogP contribution in [-0.4, -0.2) is 23.5 Å². The van der Waals surface area contributed by atoms with E-state index in [1.807, 2.05) is 0 Å². The topological polar surface area (TPSA) is 128 Å². The van der Waals surface area contributed by atoms with Crippen LogP contribution in [0.4, 0.5) is 5.69 Å². The number of non-ortho nitro benzene ring substituents is 1. The van der Waals surface area contributed by atoms with Crippen molar-refractivity contribution in [1.82, 2.24) is 14.9 Å². The van der Waals surface area contributed by atoms with Gasteiger partial charge in [-0.15, -0.1) is 0 Å². The van der Waals surface area contributed by atoms with E-state index in [2.05, 4.69) is 14.9 Å². The summed E-state index contributed by atoms with van der Waals surface area (Å²) in [6.07, 6.45) is 0. The lowest BCUT2D eigenvalue weighted by Gasteiger charge is -2.10. The second-order valence-corrected chi connectivity index (χ2v) is 5.98. The molecular formula is C11H12N4O5S. The van der Waals surface area contributed by atoms with Gasteiger partial charge in [0, 0.05) is 19.1 Å². The molecule has 1 aromatic heterocycles. The molecule has 0 fully saturated rings. The fourth-order valence-electron chi connectivity index (χ4n) is 1.59. The fraction of sp³-hybridized carbons (Fsp3) is 0.273. The van der Waals surface area contributed by atoms with Crippen molar-refractivity contribution in [3.63, 3.8) is 0 Å². The molecule has 0 unspecified atom stereocenters. The smallest absolute Gasteiger partial charge is 0.269 e. The highest BCUT2D eigenvalue weighted by Crippen LogP contribution is 2.18. The standard InChI is InChI=1S/C11H12N4O5S/c1-7(11-12-8(2)20-13-11)14-21(18,19)10-5-3-9(4-6-10)15(16)17/h3-7,14H,1-2H3/t7-/m0/s1. The van der Waals surface area contributed by atoms with E-state index in [1.54, 1.807) is 13.8 Å². The SMILES string of the molecule is Cc1nc([C@H](C)NS(=O)(=O)c2ccc([N+](=O)[O-])cc2)no1. The molecule has 10 heteroatoms. The third kappa shape index (κ3) is 3.41. The third-order valence-electron chi connectivity index (χ3n) is 2.62. The molecule has 0 amide bonds. The zero-order valence-electron chi connectivity index (χ0n) is 11.2. The van der Waals surface area contributed by atoms with Crippen molar-refractivity contribution in [3.8, 4) is 0 Å². The Morgan fingerprint density at radius 1 is 1.33 bits per heavy atom. The van der Waals surface area contributed by atoms with Crippen molar-refractivity contribution in [1.29, 1.82) is 0 Å². The summed E-state index contributed by atoms with van der Waals surface area (Å²) in [5.41, 5.74) is -0.184. The number of rotatable bonds is 5. The minimum absolute atomic E-state index is 0.0832. The first-order valence-corrected chi connectivity index (χ1v) is 7.35. The molecule has 112 valence electrons. The number of benzene rings is 1. The van der Waals surface area contributed by atoms with Crippen molar-refractivity contribution in [2.24, 2.45) is 0 Å². The summed E-state index contributed by atoms with van der Waals surface area (Å²) >= 11 is 0. The van der Waals surface area contributed by atoms with E-state index in [1.165, 1.54) is 0 Å². The Hall–Kier alpha value is -2.33. The van der Waals surface area contributed by atoms with Crippen LogP contribution in [0.5, 0.6) is 0 Å². The Morgan fingerprint density at radius 3 is 2.43 bits per heavy atom. The van der Waals surface area contributed by atoms with E-state index in [0.29, 0.717) is 5.89 Å². The molecule has 0 aliphatic heterocycles. The van der Waals surface area contributed by atoms with Gasteiger partial charge in [0.05, 0.1) is 15.9 Å². The lowest BCUT2D eigenvalue weighted by atomic mass is 10.3. The highest BCUT2D eigenvalue weighted by Gasteiger charge is 2.22. The molecule has 21 heavy (non-hydrogen) atoms. The maximum Gasteiger partial charge on any atom is 0.269 e. The Kier molecular flexibility index (Phi) is 4.00. The molecule has 1 heterocycles. The Bertz CT molecular complexity index is 753. The Morgan fingerprint density at radius 2 is 1.95 bits per heavy atom. The van der Waals surface area contributed by atoms with Crippen LogP contribution < -0.4 is 4.72 Å². The van der Waals surface area contributed by atoms with Gasteiger partial charge in [0.15, 0.2) is 5.82 Å². The number of aryl methyl sites for hydroxylation is 1. The van der Waals surface area contributed by atoms with Crippen molar-refractivity contribution in [3.05, 3.63) is 46.1 Å². The zero-order chi connectivity index (χ0) is 15.6. The first kappa shape index (κ1) is 15.1. The van der Waals surface area contributed by atoms with Crippen molar-refractivity contribution < 1.29 is 17.9 Å². The number of nitrogens with one attached hydrogen (secondary N) is 1. The van der Waals surface area contributed by atoms with E-state index >= 15 is 0 Å². The number of hydrogen-bond donors (Lipinski definition) is 1. The van der Waals surface area contributed by atoms with Gasteiger partial charge in [-0.1, -0.05) is 5.16 Å². The molecule has 9 nitrogen and oxygen atoms in total. The monoisotopic (exact) mass is 312 g/mol. The number of aromatic nitrogens is 2. The molecule has 1 aromatic carbocycles. The second-order valence-electron chi connectivity index (χ2n) is 4.27. The summed E-state index contributed by atoms with van der Waals surface area (Å²) in [6.45, 7) is 3.15. The van der Waals surface area contributed by atoms with Gasteiger partial charge in [0.1, 0.15) is 0 Å². The van der Waals surface area contributed by atoms with Crippen molar-refractivity contribution in [2.75, 3.05) is 0 Å². The molecule has 0 saturated heterocycles. The predicted molar refractivity (Wildman–Crippen MR) is 70.9 cm³/mol. The van der Waals surface area contributed by atoms with Crippen molar-refractivity contribution in [2.45, 2.75) is 24.8 Å². The van der Waals surface area contributed by atoms with Crippen LogP contribution in [-0.2, 0) is 10.0 Å². The number of nitro benzene ring substituents is 1. The summed E-state index contributed by atoms with van der Waals surface area (Å²) < 4.78 is 31.4. The third-order valence-corrected chi connectivity index (χ3v) is 4.18. The summed E-state index contributed by atoms with van der Waals surface area (Å²) in [5, 5.41) is 14.2. The minimum atomic E-state index is -3.84. The summed E-state index contributed by atoms with van der Waals surface area (Å²) in [5.74, 6) is 0.532. The first-order chi connectivity index (χ1) is 9.79. The Labute approximate surface area is 120 Å². The largest absolute Gasteiger partial charge is 0.340 e. The van der Waals surface area contributed by atoms with Crippen LogP contribution in [0.15, 0.2) is 33.7 Å². The molecule has 2 aromatic rings. The van der Waals surface area contributed by atoms with Gasteiger partial charge < -0.3 is 4.52 Å². The second kappa shape index (κ2) is 5.58. The lowest BCUT2D eigenvalue weighted by molar-refractivity contribution is -0.384. The molecule has 0 aliphatic rings. The molecule has 1 N–H and O–H groups in total. The zero-order valence-corrected chi connectivity index (χ0v) is 12.0. The number of nitrogens with zero attached hydrogens (tertiary/aromatic N) is 3. The van der Waals surface area contributed by atoms with Gasteiger partial charge in [-0.3, -0.25) is 10.1 Å². The van der Waals surface area contributed by atoms with Crippen LogP contribution in [0.2, 0.25) is 0 Å². The van der Waals surface area contributed by atoms with E-state index in [9.17, 15) is 18.5 Å². The van der Waals surface area contributed by atoms with E-state index in [-0.39, 0.29) is 16.4 Å². The van der Waals surface area contributed by atoms with E-state index < -0.39 is 21.0 Å². The van der Waals surface area contributed by atoms with Gasteiger partial charge >= 0.3 is 0 Å². The van der Waals surface area contributed by atoms with Crippen LogP contribution in [0.3, 0.4) is 0 Å². The maximum atomic E-state index is 12.1. The van der Waals surface area contributed by atoms with Crippen molar-refractivity contribution >= 4 is 15.7 Å². The van der Waals surface area contributed by atoms with Crippen LogP contribution in [0.25, 0.3) is 0 Å². The normalized spacial score (nSPS) is 13.0. The van der Waals surface area contributed by atoms with Crippen LogP contribution >= 0.6 is 0 Å². The quantitative estimate of drug-likeness (QED) is 0.651. The molecule has 0 spiro atoms. The lowest BCUT2D eigenvalue weighted by Crippen LogP contribution is -2.27. The molecular weight excluding hydrogens is 300 g/mol. The molecule has 1 atom stereocenters. The average molecular weight is 312 g/mol. The molecule has 2 rings (SSSR count). The van der Waals surface area contributed by atoms with Crippen LogP contribution in [0.1, 0.15) is 24.7 Å². The van der Waals surface area contributed by atoms with E-state index in [0.717, 1.165) is 24.3 Å². The van der Waals surface area contributed by atoms with Gasteiger partial charge in [0.2, 0.25) is 15.9 Å². The molecule has 0 aliphatic carbocycles. The van der Waals surface area contributed by atoms with Gasteiger partial charge in [-0.2, -0.15) is 4.98 Å². The van der Waals surface area contributed by atoms with Gasteiger partial charge in [-0.25, -0.2) is 13.1 Å². The summed E-state index contributed by atoms with van der Waals surface area (Å²) in [4.78, 5) is 13.8. The first-order valence-electron chi connectivity index (χ1n) is 5.86. The van der Waals surface area contributed by atoms with Crippen LogP contribution in [0, 0.1) is 17.0 Å². The highest BCUT2D eigenvalue weighted by molar-refractivity contribution is 7.89.